The minimum absolute atomic E-state index is 0.0101. The Kier molecular flexibility index (Phi) is 5.99. The summed E-state index contributed by atoms with van der Waals surface area (Å²) >= 11 is 0. The highest BCUT2D eigenvalue weighted by Crippen LogP contribution is 2.25. The van der Waals surface area contributed by atoms with Gasteiger partial charge in [-0.1, -0.05) is 12.1 Å². The number of aromatic nitrogens is 1. The molecular formula is C22H30N4O. The normalized spacial score (nSPS) is 14.4. The molecule has 0 aliphatic carbocycles. The van der Waals surface area contributed by atoms with Gasteiger partial charge in [0.2, 0.25) is 0 Å². The van der Waals surface area contributed by atoms with E-state index >= 15 is 0 Å². The Balaban J connectivity index is 1.70. The molecule has 0 radical (unpaired) electrons. The molecule has 1 amide bonds. The van der Waals surface area contributed by atoms with Gasteiger partial charge in [0.15, 0.2) is 0 Å². The smallest absolute Gasteiger partial charge is 0.272 e. The van der Waals surface area contributed by atoms with Crippen molar-refractivity contribution in [1.29, 1.82) is 0 Å². The SMILES string of the molecule is CCN(CC)C(=O)c1cc(N2CCN(c3cccc(C)c3C)CC2)ccn1. The second-order valence-electron chi connectivity index (χ2n) is 7.07. The van der Waals surface area contributed by atoms with Crippen molar-refractivity contribution in [2.75, 3.05) is 49.1 Å². The van der Waals surface area contributed by atoms with Crippen LogP contribution in [0, 0.1) is 13.8 Å². The van der Waals surface area contributed by atoms with Gasteiger partial charge in [-0.15, -0.1) is 0 Å². The molecule has 0 spiro atoms. The molecule has 3 rings (SSSR count). The molecule has 2 aromatic rings. The van der Waals surface area contributed by atoms with Crippen LogP contribution in [0.4, 0.5) is 11.4 Å². The molecule has 1 fully saturated rings. The summed E-state index contributed by atoms with van der Waals surface area (Å²) in [6.07, 6.45) is 1.75. The molecule has 0 N–H and O–H groups in total. The number of benzene rings is 1. The highest BCUT2D eigenvalue weighted by Gasteiger charge is 2.21. The maximum Gasteiger partial charge on any atom is 0.272 e. The number of amides is 1. The van der Waals surface area contributed by atoms with Crippen molar-refractivity contribution in [3.05, 3.63) is 53.3 Å². The third kappa shape index (κ3) is 4.07. The average Bonchev–Trinajstić information content (AvgIpc) is 2.71. The second-order valence-corrected chi connectivity index (χ2v) is 7.07. The highest BCUT2D eigenvalue weighted by molar-refractivity contribution is 5.93. The van der Waals surface area contributed by atoms with Gasteiger partial charge in [0.1, 0.15) is 5.69 Å². The number of pyridine rings is 1. The van der Waals surface area contributed by atoms with Gasteiger partial charge in [-0.25, -0.2) is 0 Å². The summed E-state index contributed by atoms with van der Waals surface area (Å²) < 4.78 is 0. The Morgan fingerprint density at radius 1 is 1.04 bits per heavy atom. The third-order valence-corrected chi connectivity index (χ3v) is 5.57. The van der Waals surface area contributed by atoms with E-state index in [1.807, 2.05) is 30.9 Å². The van der Waals surface area contributed by atoms with Crippen LogP contribution in [0.3, 0.4) is 0 Å². The van der Waals surface area contributed by atoms with E-state index in [-0.39, 0.29) is 5.91 Å². The lowest BCUT2D eigenvalue weighted by Crippen LogP contribution is -2.46. The van der Waals surface area contributed by atoms with E-state index in [1.165, 1.54) is 16.8 Å². The predicted octanol–water partition coefficient (Wildman–Crippen LogP) is 3.51. The summed E-state index contributed by atoms with van der Waals surface area (Å²) in [5.74, 6) is 0.0101. The summed E-state index contributed by atoms with van der Waals surface area (Å²) in [5.41, 5.74) is 5.65. The molecule has 1 aromatic heterocycles. The summed E-state index contributed by atoms with van der Waals surface area (Å²) in [4.78, 5) is 23.5. The average molecular weight is 367 g/mol. The molecule has 0 atom stereocenters. The van der Waals surface area contributed by atoms with Gasteiger partial charge < -0.3 is 14.7 Å². The van der Waals surface area contributed by atoms with Gasteiger partial charge >= 0.3 is 0 Å². The number of nitrogens with zero attached hydrogens (tertiary/aromatic N) is 4. The number of aryl methyl sites for hydroxylation is 1. The number of carbonyl (C=O) groups is 1. The molecule has 5 nitrogen and oxygen atoms in total. The molecule has 0 bridgehead atoms. The van der Waals surface area contributed by atoms with Gasteiger partial charge in [-0.05, 0) is 57.0 Å². The molecular weight excluding hydrogens is 336 g/mol. The van der Waals surface area contributed by atoms with Crippen LogP contribution in [0.1, 0.15) is 35.5 Å². The van der Waals surface area contributed by atoms with E-state index in [0.717, 1.165) is 31.9 Å². The number of carbonyl (C=O) groups excluding carboxylic acids is 1. The second kappa shape index (κ2) is 8.42. The Bertz CT molecular complexity index is 793. The lowest BCUT2D eigenvalue weighted by atomic mass is 10.1. The van der Waals surface area contributed by atoms with Crippen LogP contribution in [0.5, 0.6) is 0 Å². The first-order valence-corrected chi connectivity index (χ1v) is 9.86. The molecule has 2 heterocycles. The Morgan fingerprint density at radius 3 is 2.37 bits per heavy atom. The lowest BCUT2D eigenvalue weighted by Gasteiger charge is -2.38. The van der Waals surface area contributed by atoms with Crippen LogP contribution >= 0.6 is 0 Å². The fourth-order valence-corrected chi connectivity index (χ4v) is 3.69. The van der Waals surface area contributed by atoms with E-state index in [2.05, 4.69) is 46.8 Å². The maximum atomic E-state index is 12.6. The molecule has 5 heteroatoms. The Hall–Kier alpha value is -2.56. The summed E-state index contributed by atoms with van der Waals surface area (Å²) in [7, 11) is 0. The van der Waals surface area contributed by atoms with Crippen molar-refractivity contribution in [2.24, 2.45) is 0 Å². The van der Waals surface area contributed by atoms with Crippen LogP contribution in [0.15, 0.2) is 36.5 Å². The van der Waals surface area contributed by atoms with E-state index in [4.69, 9.17) is 0 Å². The minimum atomic E-state index is 0.0101. The van der Waals surface area contributed by atoms with Crippen LogP contribution in [0.25, 0.3) is 0 Å². The van der Waals surface area contributed by atoms with E-state index in [9.17, 15) is 4.79 Å². The number of anilines is 2. The van der Waals surface area contributed by atoms with E-state index < -0.39 is 0 Å². The number of hydrogen-bond donors (Lipinski definition) is 0. The molecule has 1 aliphatic heterocycles. The van der Waals surface area contributed by atoms with Gasteiger partial charge in [-0.3, -0.25) is 9.78 Å². The number of hydrogen-bond acceptors (Lipinski definition) is 4. The van der Waals surface area contributed by atoms with Crippen LogP contribution < -0.4 is 9.80 Å². The first-order chi connectivity index (χ1) is 13.0. The topological polar surface area (TPSA) is 39.7 Å². The standard InChI is InChI=1S/C22H30N4O/c1-5-24(6-2)22(27)20-16-19(10-11-23-20)25-12-14-26(15-13-25)21-9-7-8-17(3)18(21)4/h7-11,16H,5-6,12-15H2,1-4H3. The monoisotopic (exact) mass is 366 g/mol. The molecule has 1 aliphatic rings. The van der Waals surface area contributed by atoms with Crippen molar-refractivity contribution in [1.82, 2.24) is 9.88 Å². The van der Waals surface area contributed by atoms with Crippen molar-refractivity contribution in [3.63, 3.8) is 0 Å². The molecule has 0 unspecified atom stereocenters. The van der Waals surface area contributed by atoms with Crippen molar-refractivity contribution in [3.8, 4) is 0 Å². The highest BCUT2D eigenvalue weighted by atomic mass is 16.2. The molecule has 0 saturated carbocycles. The first-order valence-electron chi connectivity index (χ1n) is 9.86. The van der Waals surface area contributed by atoms with E-state index in [1.54, 1.807) is 6.20 Å². The summed E-state index contributed by atoms with van der Waals surface area (Å²) in [6, 6.07) is 10.5. The largest absolute Gasteiger partial charge is 0.368 e. The zero-order chi connectivity index (χ0) is 19.4. The minimum Gasteiger partial charge on any atom is -0.368 e. The zero-order valence-corrected chi connectivity index (χ0v) is 16.9. The quantitative estimate of drug-likeness (QED) is 0.812. The van der Waals surface area contributed by atoms with Crippen LogP contribution in [-0.2, 0) is 0 Å². The van der Waals surface area contributed by atoms with Gasteiger partial charge in [-0.2, -0.15) is 0 Å². The fraction of sp³-hybridized carbons (Fsp3) is 0.455. The predicted molar refractivity (Wildman–Crippen MR) is 112 cm³/mol. The Morgan fingerprint density at radius 2 is 1.70 bits per heavy atom. The van der Waals surface area contributed by atoms with Gasteiger partial charge in [0.25, 0.3) is 5.91 Å². The lowest BCUT2D eigenvalue weighted by molar-refractivity contribution is 0.0767. The number of piperazine rings is 1. The zero-order valence-electron chi connectivity index (χ0n) is 16.9. The first kappa shape index (κ1) is 19.2. The summed E-state index contributed by atoms with van der Waals surface area (Å²) in [5, 5.41) is 0. The number of rotatable bonds is 5. The van der Waals surface area contributed by atoms with Crippen molar-refractivity contribution in [2.45, 2.75) is 27.7 Å². The van der Waals surface area contributed by atoms with Crippen molar-refractivity contribution >= 4 is 17.3 Å². The molecule has 1 aromatic carbocycles. The van der Waals surface area contributed by atoms with Crippen LogP contribution in [0.2, 0.25) is 0 Å². The fourth-order valence-electron chi connectivity index (χ4n) is 3.69. The van der Waals surface area contributed by atoms with Gasteiger partial charge in [0.05, 0.1) is 0 Å². The van der Waals surface area contributed by atoms with Crippen molar-refractivity contribution < 1.29 is 4.79 Å². The maximum absolute atomic E-state index is 12.6. The summed E-state index contributed by atoms with van der Waals surface area (Å²) in [6.45, 7) is 13.6. The molecule has 1 saturated heterocycles. The molecule has 144 valence electrons. The molecule has 27 heavy (non-hydrogen) atoms. The Labute approximate surface area is 162 Å². The van der Waals surface area contributed by atoms with Crippen LogP contribution in [-0.4, -0.2) is 55.1 Å². The van der Waals surface area contributed by atoms with E-state index in [0.29, 0.717) is 18.8 Å². The third-order valence-electron chi connectivity index (χ3n) is 5.57. The van der Waals surface area contributed by atoms with Gasteiger partial charge in [0, 0.05) is 56.8 Å².